The van der Waals surface area contributed by atoms with Gasteiger partial charge in [0, 0.05) is 12.6 Å². The van der Waals surface area contributed by atoms with Crippen LogP contribution in [-0.4, -0.2) is 13.2 Å². The SMILES string of the molecule is COc1c(Cl)cc(CNC(C)C23CC4CC(CC(C4)C2)C3)cc1Cl. The first kappa shape index (κ1) is 17.0. The molecule has 4 aliphatic rings. The monoisotopic (exact) mass is 367 g/mol. The van der Waals surface area contributed by atoms with Crippen LogP contribution in [0.3, 0.4) is 0 Å². The van der Waals surface area contributed by atoms with Crippen molar-refractivity contribution >= 4 is 23.2 Å². The zero-order valence-electron chi connectivity index (χ0n) is 14.6. The number of rotatable bonds is 5. The molecule has 0 heterocycles. The van der Waals surface area contributed by atoms with E-state index < -0.39 is 0 Å². The highest BCUT2D eigenvalue weighted by atomic mass is 35.5. The molecule has 0 aromatic heterocycles. The molecule has 2 nitrogen and oxygen atoms in total. The minimum atomic E-state index is 0.523. The average Bonchev–Trinajstić information content (AvgIpc) is 2.51. The van der Waals surface area contributed by atoms with Crippen LogP contribution in [0.15, 0.2) is 12.1 Å². The van der Waals surface area contributed by atoms with Crippen LogP contribution in [0.4, 0.5) is 0 Å². The highest BCUT2D eigenvalue weighted by Gasteiger charge is 2.52. The lowest BCUT2D eigenvalue weighted by Crippen LogP contribution is -2.54. The fourth-order valence-electron chi connectivity index (χ4n) is 6.10. The molecule has 1 aromatic rings. The predicted molar refractivity (Wildman–Crippen MR) is 99.9 cm³/mol. The lowest BCUT2D eigenvalue weighted by Gasteiger charge is -2.59. The highest BCUT2D eigenvalue weighted by molar-refractivity contribution is 6.37. The summed E-state index contributed by atoms with van der Waals surface area (Å²) in [6.07, 6.45) is 8.77. The van der Waals surface area contributed by atoms with Gasteiger partial charge in [0.2, 0.25) is 0 Å². The number of halogens is 2. The van der Waals surface area contributed by atoms with Crippen molar-refractivity contribution in [3.05, 3.63) is 27.7 Å². The third-order valence-electron chi connectivity index (χ3n) is 6.88. The summed E-state index contributed by atoms with van der Waals surface area (Å²) >= 11 is 12.5. The summed E-state index contributed by atoms with van der Waals surface area (Å²) in [6, 6.07) is 4.47. The third kappa shape index (κ3) is 2.95. The second kappa shape index (κ2) is 6.37. The van der Waals surface area contributed by atoms with Crippen LogP contribution in [0.25, 0.3) is 0 Å². The largest absolute Gasteiger partial charge is 0.494 e. The Bertz CT molecular complexity index is 572. The summed E-state index contributed by atoms with van der Waals surface area (Å²) in [6.45, 7) is 3.20. The maximum atomic E-state index is 6.27. The first-order valence-electron chi connectivity index (χ1n) is 9.24. The number of benzene rings is 1. The Kier molecular flexibility index (Phi) is 4.51. The summed E-state index contributed by atoms with van der Waals surface area (Å²) in [4.78, 5) is 0. The fourth-order valence-corrected chi connectivity index (χ4v) is 6.79. The molecule has 1 atom stereocenters. The van der Waals surface area contributed by atoms with Gasteiger partial charge in [0.1, 0.15) is 0 Å². The van der Waals surface area contributed by atoms with Crippen molar-refractivity contribution in [3.8, 4) is 5.75 Å². The van der Waals surface area contributed by atoms with E-state index >= 15 is 0 Å². The Labute approximate surface area is 155 Å². The Hall–Kier alpha value is -0.440. The molecule has 0 saturated heterocycles. The minimum Gasteiger partial charge on any atom is -0.494 e. The predicted octanol–water partition coefficient (Wildman–Crippen LogP) is 5.70. The summed E-state index contributed by atoms with van der Waals surface area (Å²) < 4.78 is 5.24. The molecule has 4 fully saturated rings. The molecule has 4 bridgehead atoms. The average molecular weight is 368 g/mol. The normalized spacial score (nSPS) is 35.2. The number of hydrogen-bond donors (Lipinski definition) is 1. The van der Waals surface area contributed by atoms with Gasteiger partial charge in [-0.2, -0.15) is 0 Å². The molecular formula is C20H27Cl2NO. The van der Waals surface area contributed by atoms with Crippen LogP contribution in [0.1, 0.15) is 51.0 Å². The van der Waals surface area contributed by atoms with Crippen molar-refractivity contribution in [1.82, 2.24) is 5.32 Å². The zero-order valence-corrected chi connectivity index (χ0v) is 16.1. The van der Waals surface area contributed by atoms with E-state index in [9.17, 15) is 0 Å². The van der Waals surface area contributed by atoms with E-state index in [1.807, 2.05) is 12.1 Å². The summed E-state index contributed by atoms with van der Waals surface area (Å²) in [5, 5.41) is 4.96. The topological polar surface area (TPSA) is 21.3 Å². The lowest BCUT2D eigenvalue weighted by molar-refractivity contribution is -0.0706. The van der Waals surface area contributed by atoms with Gasteiger partial charge in [-0.15, -0.1) is 0 Å². The molecule has 0 aliphatic heterocycles. The molecule has 5 rings (SSSR count). The van der Waals surface area contributed by atoms with Crippen LogP contribution in [0, 0.1) is 23.2 Å². The quantitative estimate of drug-likeness (QED) is 0.720. The van der Waals surface area contributed by atoms with Crippen LogP contribution >= 0.6 is 23.2 Å². The van der Waals surface area contributed by atoms with Gasteiger partial charge in [-0.3, -0.25) is 0 Å². The highest BCUT2D eigenvalue weighted by Crippen LogP contribution is 2.61. The minimum absolute atomic E-state index is 0.523. The smallest absolute Gasteiger partial charge is 0.156 e. The van der Waals surface area contributed by atoms with Gasteiger partial charge in [0.05, 0.1) is 17.2 Å². The number of ether oxygens (including phenoxy) is 1. The van der Waals surface area contributed by atoms with Gasteiger partial charge in [0.15, 0.2) is 5.75 Å². The van der Waals surface area contributed by atoms with Crippen LogP contribution in [0.2, 0.25) is 10.0 Å². The molecular weight excluding hydrogens is 341 g/mol. The Morgan fingerprint density at radius 1 is 1.08 bits per heavy atom. The first-order chi connectivity index (χ1) is 11.5. The van der Waals surface area contributed by atoms with Gasteiger partial charge in [-0.1, -0.05) is 23.2 Å². The first-order valence-corrected chi connectivity index (χ1v) is 10.00. The van der Waals surface area contributed by atoms with E-state index in [2.05, 4.69) is 12.2 Å². The molecule has 24 heavy (non-hydrogen) atoms. The number of hydrogen-bond acceptors (Lipinski definition) is 2. The second-order valence-corrected chi connectivity index (χ2v) is 9.29. The zero-order chi connectivity index (χ0) is 16.9. The Morgan fingerprint density at radius 2 is 1.58 bits per heavy atom. The van der Waals surface area contributed by atoms with Crippen molar-refractivity contribution in [2.45, 2.75) is 58.0 Å². The van der Waals surface area contributed by atoms with E-state index in [4.69, 9.17) is 27.9 Å². The third-order valence-corrected chi connectivity index (χ3v) is 7.44. The Morgan fingerprint density at radius 3 is 2.04 bits per heavy atom. The van der Waals surface area contributed by atoms with Crippen molar-refractivity contribution in [2.75, 3.05) is 7.11 Å². The summed E-state index contributed by atoms with van der Waals surface area (Å²) in [7, 11) is 1.60. The molecule has 132 valence electrons. The number of methoxy groups -OCH3 is 1. The molecule has 0 radical (unpaired) electrons. The van der Waals surface area contributed by atoms with Crippen LogP contribution in [-0.2, 0) is 6.54 Å². The molecule has 4 aliphatic carbocycles. The molecule has 0 amide bonds. The van der Waals surface area contributed by atoms with Crippen molar-refractivity contribution in [3.63, 3.8) is 0 Å². The van der Waals surface area contributed by atoms with Gasteiger partial charge < -0.3 is 10.1 Å². The molecule has 1 unspecified atom stereocenters. The molecule has 0 spiro atoms. The lowest BCUT2D eigenvalue weighted by atomic mass is 9.48. The van der Waals surface area contributed by atoms with E-state index in [0.29, 0.717) is 27.3 Å². The maximum Gasteiger partial charge on any atom is 0.156 e. The number of nitrogens with one attached hydrogen (secondary N) is 1. The van der Waals surface area contributed by atoms with Gasteiger partial charge >= 0.3 is 0 Å². The second-order valence-electron chi connectivity index (χ2n) is 8.48. The Balaban J connectivity index is 1.45. The molecule has 4 saturated carbocycles. The van der Waals surface area contributed by atoms with Gasteiger partial charge in [-0.05, 0) is 86.3 Å². The summed E-state index contributed by atoms with van der Waals surface area (Å²) in [5.74, 6) is 3.54. The van der Waals surface area contributed by atoms with E-state index in [1.165, 1.54) is 38.5 Å². The van der Waals surface area contributed by atoms with Gasteiger partial charge in [-0.25, -0.2) is 0 Å². The van der Waals surface area contributed by atoms with Gasteiger partial charge in [0.25, 0.3) is 0 Å². The molecule has 1 N–H and O–H groups in total. The fraction of sp³-hybridized carbons (Fsp3) is 0.700. The van der Waals surface area contributed by atoms with Crippen LogP contribution in [0.5, 0.6) is 5.75 Å². The molecule has 1 aromatic carbocycles. The van der Waals surface area contributed by atoms with Crippen molar-refractivity contribution in [1.29, 1.82) is 0 Å². The summed E-state index contributed by atoms with van der Waals surface area (Å²) in [5.41, 5.74) is 1.65. The van der Waals surface area contributed by atoms with E-state index in [-0.39, 0.29) is 0 Å². The van der Waals surface area contributed by atoms with E-state index in [0.717, 1.165) is 29.9 Å². The van der Waals surface area contributed by atoms with Crippen molar-refractivity contribution < 1.29 is 4.74 Å². The van der Waals surface area contributed by atoms with Crippen molar-refractivity contribution in [2.24, 2.45) is 23.2 Å². The van der Waals surface area contributed by atoms with E-state index in [1.54, 1.807) is 7.11 Å². The maximum absolute atomic E-state index is 6.27. The standard InChI is InChI=1S/C20H27Cl2NO/c1-12(20-8-13-3-14(9-20)5-15(4-13)10-20)23-11-16-6-17(21)19(24-2)18(22)7-16/h6-7,12-15,23H,3-5,8-11H2,1-2H3. The molecule has 4 heteroatoms. The van der Waals surface area contributed by atoms with Crippen LogP contribution < -0.4 is 10.1 Å².